The Morgan fingerprint density at radius 2 is 1.47 bits per heavy atom. The number of nitrogens with zero attached hydrogens (tertiary/aromatic N) is 1. The number of sulfonamides is 1. The molecule has 1 saturated heterocycles. The van der Waals surface area contributed by atoms with Crippen molar-refractivity contribution in [3.05, 3.63) is 90.5 Å². The van der Waals surface area contributed by atoms with Gasteiger partial charge in [0.2, 0.25) is 10.0 Å². The van der Waals surface area contributed by atoms with Gasteiger partial charge >= 0.3 is 0 Å². The monoisotopic (exact) mass is 451 g/mol. The molecule has 0 spiro atoms. The molecule has 1 aliphatic heterocycles. The molecule has 1 aliphatic rings. The molecule has 1 amide bonds. The summed E-state index contributed by atoms with van der Waals surface area (Å²) in [6.45, 7) is 1.38. The van der Waals surface area contributed by atoms with Gasteiger partial charge in [0.1, 0.15) is 6.04 Å². The van der Waals surface area contributed by atoms with Crippen molar-refractivity contribution in [2.75, 3.05) is 36.9 Å². The molecule has 32 heavy (non-hydrogen) atoms. The Kier molecular flexibility index (Phi) is 6.84. The fourth-order valence-corrected chi connectivity index (χ4v) is 4.99. The standard InChI is InChI=1S/C24H25N3O4S/c28-24(23(19-8-3-1-4-9-19)25-20-10-5-2-6-11-20)26-21-12-7-13-22(18-21)32(29,30)27-14-16-31-17-15-27/h1-13,18,23,25H,14-17H2,(H,26,28)/t23-/m0/s1. The summed E-state index contributed by atoms with van der Waals surface area (Å²) < 4.78 is 32.6. The average molecular weight is 452 g/mol. The van der Waals surface area contributed by atoms with E-state index in [9.17, 15) is 13.2 Å². The van der Waals surface area contributed by atoms with Crippen molar-refractivity contribution in [1.29, 1.82) is 0 Å². The first-order valence-electron chi connectivity index (χ1n) is 10.4. The summed E-state index contributed by atoms with van der Waals surface area (Å²) >= 11 is 0. The Hall–Kier alpha value is -3.20. The molecule has 166 valence electrons. The number of carbonyl (C=O) groups is 1. The van der Waals surface area contributed by atoms with E-state index in [1.54, 1.807) is 12.1 Å². The highest BCUT2D eigenvalue weighted by atomic mass is 32.2. The van der Waals surface area contributed by atoms with Gasteiger partial charge in [-0.05, 0) is 35.9 Å². The minimum absolute atomic E-state index is 0.143. The maximum absolute atomic E-state index is 13.2. The maximum atomic E-state index is 13.2. The van der Waals surface area contributed by atoms with Gasteiger partial charge in [-0.25, -0.2) is 8.42 Å². The highest BCUT2D eigenvalue weighted by Gasteiger charge is 2.27. The Bertz CT molecular complexity index is 1150. The molecule has 1 heterocycles. The number of amides is 1. The number of morpholine rings is 1. The van der Waals surface area contributed by atoms with E-state index in [1.807, 2.05) is 60.7 Å². The molecule has 0 saturated carbocycles. The van der Waals surface area contributed by atoms with Crippen LogP contribution in [-0.2, 0) is 19.6 Å². The van der Waals surface area contributed by atoms with Gasteiger partial charge in [0.25, 0.3) is 5.91 Å². The Morgan fingerprint density at radius 3 is 2.16 bits per heavy atom. The third-order valence-electron chi connectivity index (χ3n) is 5.19. The molecule has 0 aromatic heterocycles. The number of hydrogen-bond donors (Lipinski definition) is 2. The van der Waals surface area contributed by atoms with Crippen molar-refractivity contribution in [3.63, 3.8) is 0 Å². The number of para-hydroxylation sites is 1. The van der Waals surface area contributed by atoms with Crippen LogP contribution in [0.15, 0.2) is 89.8 Å². The lowest BCUT2D eigenvalue weighted by atomic mass is 10.1. The molecule has 8 heteroatoms. The zero-order valence-corrected chi connectivity index (χ0v) is 18.3. The SMILES string of the molecule is O=C(Nc1cccc(S(=O)(=O)N2CCOCC2)c1)[C@@H](Nc1ccccc1)c1ccccc1. The number of ether oxygens (including phenoxy) is 1. The van der Waals surface area contributed by atoms with Crippen LogP contribution in [0.3, 0.4) is 0 Å². The molecule has 4 rings (SSSR count). The fourth-order valence-electron chi connectivity index (χ4n) is 3.53. The number of benzene rings is 3. The van der Waals surface area contributed by atoms with Crippen LogP contribution in [0.25, 0.3) is 0 Å². The van der Waals surface area contributed by atoms with Crippen LogP contribution < -0.4 is 10.6 Å². The number of nitrogens with one attached hydrogen (secondary N) is 2. The van der Waals surface area contributed by atoms with Crippen molar-refractivity contribution < 1.29 is 17.9 Å². The minimum Gasteiger partial charge on any atom is -0.379 e. The zero-order chi connectivity index (χ0) is 22.4. The molecule has 7 nitrogen and oxygen atoms in total. The Balaban J connectivity index is 1.56. The summed E-state index contributed by atoms with van der Waals surface area (Å²) in [7, 11) is -3.65. The number of hydrogen-bond acceptors (Lipinski definition) is 5. The van der Waals surface area contributed by atoms with Gasteiger partial charge in [0.15, 0.2) is 0 Å². The zero-order valence-electron chi connectivity index (χ0n) is 17.5. The van der Waals surface area contributed by atoms with Crippen molar-refractivity contribution in [2.24, 2.45) is 0 Å². The van der Waals surface area contributed by atoms with Gasteiger partial charge in [-0.2, -0.15) is 4.31 Å². The third kappa shape index (κ3) is 5.16. The van der Waals surface area contributed by atoms with E-state index >= 15 is 0 Å². The average Bonchev–Trinajstić information content (AvgIpc) is 2.84. The van der Waals surface area contributed by atoms with Crippen molar-refractivity contribution in [3.8, 4) is 0 Å². The first-order chi connectivity index (χ1) is 15.5. The molecule has 2 N–H and O–H groups in total. The summed E-state index contributed by atoms with van der Waals surface area (Å²) in [6.07, 6.45) is 0. The lowest BCUT2D eigenvalue weighted by molar-refractivity contribution is -0.117. The second-order valence-corrected chi connectivity index (χ2v) is 9.33. The summed E-state index contributed by atoms with van der Waals surface area (Å²) in [5.41, 5.74) is 2.02. The van der Waals surface area contributed by atoms with Gasteiger partial charge in [-0.15, -0.1) is 0 Å². The first kappa shape index (κ1) is 22.0. The van der Waals surface area contributed by atoms with Gasteiger partial charge in [-0.3, -0.25) is 4.79 Å². The molecule has 0 unspecified atom stereocenters. The minimum atomic E-state index is -3.65. The summed E-state index contributed by atoms with van der Waals surface area (Å²) in [5, 5.41) is 6.13. The van der Waals surface area contributed by atoms with Gasteiger partial charge < -0.3 is 15.4 Å². The molecule has 0 bridgehead atoms. The number of anilines is 2. The van der Waals surface area contributed by atoms with E-state index < -0.39 is 16.1 Å². The molecule has 0 aliphatic carbocycles. The third-order valence-corrected chi connectivity index (χ3v) is 7.08. The molecule has 1 fully saturated rings. The lowest BCUT2D eigenvalue weighted by Gasteiger charge is -2.26. The van der Waals surface area contributed by atoms with Crippen molar-refractivity contribution in [1.82, 2.24) is 4.31 Å². The predicted molar refractivity (Wildman–Crippen MR) is 124 cm³/mol. The van der Waals surface area contributed by atoms with Gasteiger partial charge in [-0.1, -0.05) is 54.6 Å². The van der Waals surface area contributed by atoms with Crippen LogP contribution in [0, 0.1) is 0 Å². The largest absolute Gasteiger partial charge is 0.379 e. The molecule has 0 radical (unpaired) electrons. The summed E-state index contributed by atoms with van der Waals surface area (Å²) in [5.74, 6) is -0.291. The first-order valence-corrected chi connectivity index (χ1v) is 11.8. The second-order valence-electron chi connectivity index (χ2n) is 7.39. The second kappa shape index (κ2) is 9.95. The summed E-state index contributed by atoms with van der Waals surface area (Å²) in [6, 6.07) is 24.5. The lowest BCUT2D eigenvalue weighted by Crippen LogP contribution is -2.40. The van der Waals surface area contributed by atoms with E-state index in [4.69, 9.17) is 4.74 Å². The van der Waals surface area contributed by atoms with Crippen LogP contribution in [0.2, 0.25) is 0 Å². The van der Waals surface area contributed by atoms with Gasteiger partial charge in [0, 0.05) is 24.5 Å². The smallest absolute Gasteiger partial charge is 0.251 e. The van der Waals surface area contributed by atoms with E-state index in [2.05, 4.69) is 10.6 Å². The summed E-state index contributed by atoms with van der Waals surface area (Å²) in [4.78, 5) is 13.4. The molecular formula is C24H25N3O4S. The van der Waals surface area contributed by atoms with E-state index in [0.29, 0.717) is 32.0 Å². The molecule has 3 aromatic carbocycles. The van der Waals surface area contributed by atoms with E-state index in [-0.39, 0.29) is 10.8 Å². The van der Waals surface area contributed by atoms with E-state index in [0.717, 1.165) is 11.3 Å². The van der Waals surface area contributed by atoms with E-state index in [1.165, 1.54) is 16.4 Å². The maximum Gasteiger partial charge on any atom is 0.251 e. The fraction of sp³-hybridized carbons (Fsp3) is 0.208. The van der Waals surface area contributed by atoms with Crippen molar-refractivity contribution in [2.45, 2.75) is 10.9 Å². The van der Waals surface area contributed by atoms with Crippen LogP contribution in [0.5, 0.6) is 0 Å². The Labute approximate surface area is 188 Å². The highest BCUT2D eigenvalue weighted by Crippen LogP contribution is 2.24. The number of carbonyl (C=O) groups excluding carboxylic acids is 1. The van der Waals surface area contributed by atoms with Gasteiger partial charge in [0.05, 0.1) is 18.1 Å². The quantitative estimate of drug-likeness (QED) is 0.574. The van der Waals surface area contributed by atoms with Crippen molar-refractivity contribution >= 4 is 27.3 Å². The number of rotatable bonds is 7. The normalized spacial score (nSPS) is 15.6. The topological polar surface area (TPSA) is 87.7 Å². The highest BCUT2D eigenvalue weighted by molar-refractivity contribution is 7.89. The Morgan fingerprint density at radius 1 is 0.844 bits per heavy atom. The predicted octanol–water partition coefficient (Wildman–Crippen LogP) is 3.50. The van der Waals surface area contributed by atoms with Crippen LogP contribution >= 0.6 is 0 Å². The molecular weight excluding hydrogens is 426 g/mol. The van der Waals surface area contributed by atoms with Crippen LogP contribution in [0.4, 0.5) is 11.4 Å². The van der Waals surface area contributed by atoms with Crippen LogP contribution in [0.1, 0.15) is 11.6 Å². The molecule has 3 aromatic rings. The van der Waals surface area contributed by atoms with Crippen LogP contribution in [-0.4, -0.2) is 44.9 Å². The molecule has 1 atom stereocenters.